The van der Waals surface area contributed by atoms with Gasteiger partial charge in [-0.1, -0.05) is 13.8 Å². The van der Waals surface area contributed by atoms with E-state index in [9.17, 15) is 31.1 Å². The molecule has 11 heteroatoms. The van der Waals surface area contributed by atoms with Crippen molar-refractivity contribution >= 4 is 22.5 Å². The molecule has 0 radical (unpaired) electrons. The van der Waals surface area contributed by atoms with Crippen LogP contribution in [-0.4, -0.2) is 10.9 Å². The summed E-state index contributed by atoms with van der Waals surface area (Å²) >= 11 is 0. The van der Waals surface area contributed by atoms with Crippen molar-refractivity contribution in [3.63, 3.8) is 0 Å². The Labute approximate surface area is 194 Å². The van der Waals surface area contributed by atoms with Crippen LogP contribution in [0.4, 0.5) is 32.0 Å². The van der Waals surface area contributed by atoms with Crippen molar-refractivity contribution in [1.82, 2.24) is 4.98 Å². The first-order valence-electron chi connectivity index (χ1n) is 10.3. The van der Waals surface area contributed by atoms with E-state index in [1.165, 1.54) is 30.3 Å². The average molecular weight is 496 g/mol. The highest BCUT2D eigenvalue weighted by molar-refractivity contribution is 6.02. The van der Waals surface area contributed by atoms with E-state index in [2.05, 4.69) is 4.98 Å². The Morgan fingerprint density at radius 2 is 1.66 bits per heavy atom. The van der Waals surface area contributed by atoms with Crippen molar-refractivity contribution in [3.8, 4) is 11.5 Å². The number of carbonyl (C=O) groups is 1. The number of rotatable bonds is 5. The highest BCUT2D eigenvalue weighted by Crippen LogP contribution is 2.47. The van der Waals surface area contributed by atoms with Crippen LogP contribution >= 0.6 is 0 Å². The summed E-state index contributed by atoms with van der Waals surface area (Å²) in [4.78, 5) is 15.2. The highest BCUT2D eigenvalue weighted by Gasteiger charge is 2.43. The first-order valence-corrected chi connectivity index (χ1v) is 10.3. The summed E-state index contributed by atoms with van der Waals surface area (Å²) in [5.41, 5.74) is -2.63. The van der Waals surface area contributed by atoms with Crippen LogP contribution in [-0.2, 0) is 12.4 Å². The molecule has 2 N–H and O–H groups in total. The van der Waals surface area contributed by atoms with Crippen molar-refractivity contribution in [3.05, 3.63) is 77.4 Å². The van der Waals surface area contributed by atoms with Gasteiger partial charge >= 0.3 is 12.4 Å². The zero-order valence-corrected chi connectivity index (χ0v) is 18.3. The van der Waals surface area contributed by atoms with Crippen molar-refractivity contribution in [2.75, 3.05) is 5.32 Å². The van der Waals surface area contributed by atoms with Gasteiger partial charge in [0.2, 0.25) is 0 Å². The zero-order valence-electron chi connectivity index (χ0n) is 18.3. The Hall–Kier alpha value is -3.89. The summed E-state index contributed by atoms with van der Waals surface area (Å²) in [5, 5.41) is 2.62. The number of halogens is 6. The molecule has 5 nitrogen and oxygen atoms in total. The Kier molecular flexibility index (Phi) is 6.04. The second-order valence-corrected chi connectivity index (χ2v) is 8.04. The molecule has 0 bridgehead atoms. The lowest BCUT2D eigenvalue weighted by Gasteiger charge is -2.21. The van der Waals surface area contributed by atoms with Gasteiger partial charge in [0.25, 0.3) is 5.91 Å². The number of aromatic nitrogens is 1. The molecule has 0 fully saturated rings. The number of fused-ring (bicyclic) bond motifs is 1. The van der Waals surface area contributed by atoms with Crippen LogP contribution in [0.25, 0.3) is 10.9 Å². The van der Waals surface area contributed by atoms with Gasteiger partial charge in [-0.2, -0.15) is 26.3 Å². The molecule has 0 spiro atoms. The summed E-state index contributed by atoms with van der Waals surface area (Å²) in [7, 11) is 0. The molecule has 0 aliphatic rings. The summed E-state index contributed by atoms with van der Waals surface area (Å²) in [5.74, 6) is -2.87. The van der Waals surface area contributed by atoms with Gasteiger partial charge < -0.3 is 19.5 Å². The minimum atomic E-state index is -5.22. The Bertz CT molecular complexity index is 1330. The number of benzene rings is 2. The molecule has 2 aromatic carbocycles. The number of nitrogens with one attached hydrogen (secondary N) is 2. The van der Waals surface area contributed by atoms with Crippen molar-refractivity contribution < 1.29 is 40.3 Å². The first-order chi connectivity index (χ1) is 16.3. The second kappa shape index (κ2) is 8.71. The van der Waals surface area contributed by atoms with Crippen molar-refractivity contribution in [2.24, 2.45) is 0 Å². The van der Waals surface area contributed by atoms with E-state index >= 15 is 0 Å². The lowest BCUT2D eigenvalue weighted by atomic mass is 10.0. The molecule has 0 aliphatic heterocycles. The second-order valence-electron chi connectivity index (χ2n) is 8.04. The Morgan fingerprint density at radius 1 is 1.00 bits per heavy atom. The maximum atomic E-state index is 13.9. The number of hydrogen-bond donors (Lipinski definition) is 2. The fourth-order valence-corrected chi connectivity index (χ4v) is 3.61. The first kappa shape index (κ1) is 24.2. The topological polar surface area (TPSA) is 67.3 Å². The van der Waals surface area contributed by atoms with E-state index in [-0.39, 0.29) is 17.4 Å². The maximum Gasteiger partial charge on any atom is 0.420 e. The van der Waals surface area contributed by atoms with E-state index in [0.29, 0.717) is 23.0 Å². The molecule has 0 aliphatic carbocycles. The summed E-state index contributed by atoms with van der Waals surface area (Å²) in [6.07, 6.45) is -7.58. The number of hydrogen-bond acceptors (Lipinski definition) is 3. The minimum absolute atomic E-state index is 0.0486. The van der Waals surface area contributed by atoms with Gasteiger partial charge in [0.1, 0.15) is 16.9 Å². The standard InChI is InChI=1S/C24H18F6N2O3/c1-12(2)16-11-31-19-6-5-14(10-15(16)19)35-21-17(23(25,26)27)8-13(9-18(21)24(28,29)30)32-22(33)20-4-3-7-34-20/h3-12,31H,1-2H3,(H,32,33). The predicted molar refractivity (Wildman–Crippen MR) is 116 cm³/mol. The van der Waals surface area contributed by atoms with Gasteiger partial charge in [-0.05, 0) is 53.9 Å². The number of H-pyrrole nitrogens is 1. The molecule has 2 aromatic heterocycles. The van der Waals surface area contributed by atoms with Crippen LogP contribution in [0.3, 0.4) is 0 Å². The van der Waals surface area contributed by atoms with Gasteiger partial charge in [0.15, 0.2) is 11.5 Å². The molecular weight excluding hydrogens is 478 g/mol. The van der Waals surface area contributed by atoms with E-state index in [1.54, 1.807) is 6.20 Å². The number of furan rings is 1. The fraction of sp³-hybridized carbons (Fsp3) is 0.208. The fourth-order valence-electron chi connectivity index (χ4n) is 3.61. The van der Waals surface area contributed by atoms with Crippen molar-refractivity contribution in [2.45, 2.75) is 32.1 Å². The van der Waals surface area contributed by atoms with Crippen LogP contribution in [0, 0.1) is 0 Å². The number of amides is 1. The van der Waals surface area contributed by atoms with Gasteiger partial charge in [0, 0.05) is 22.8 Å². The molecule has 184 valence electrons. The molecule has 1 amide bonds. The maximum absolute atomic E-state index is 13.9. The highest BCUT2D eigenvalue weighted by atomic mass is 19.4. The lowest BCUT2D eigenvalue weighted by molar-refractivity contribution is -0.144. The van der Waals surface area contributed by atoms with Gasteiger partial charge in [-0.3, -0.25) is 4.79 Å². The molecule has 0 atom stereocenters. The Morgan fingerprint density at radius 3 is 2.20 bits per heavy atom. The van der Waals surface area contributed by atoms with Gasteiger partial charge in [0.05, 0.1) is 6.26 Å². The van der Waals surface area contributed by atoms with Crippen LogP contribution < -0.4 is 10.1 Å². The number of anilines is 1. The normalized spacial score (nSPS) is 12.4. The molecule has 0 saturated carbocycles. The van der Waals surface area contributed by atoms with Gasteiger partial charge in [-0.25, -0.2) is 0 Å². The summed E-state index contributed by atoms with van der Waals surface area (Å²) < 4.78 is 93.5. The van der Waals surface area contributed by atoms with Crippen molar-refractivity contribution in [1.29, 1.82) is 0 Å². The van der Waals surface area contributed by atoms with E-state index in [1.807, 2.05) is 19.2 Å². The smallest absolute Gasteiger partial charge is 0.420 e. The van der Waals surface area contributed by atoms with E-state index in [0.717, 1.165) is 11.8 Å². The van der Waals surface area contributed by atoms with Gasteiger partial charge in [-0.15, -0.1) is 0 Å². The third-order valence-electron chi connectivity index (χ3n) is 5.23. The van der Waals surface area contributed by atoms with E-state index in [4.69, 9.17) is 9.15 Å². The number of alkyl halides is 6. The lowest BCUT2D eigenvalue weighted by Crippen LogP contribution is -2.17. The molecule has 35 heavy (non-hydrogen) atoms. The van der Waals surface area contributed by atoms with Crippen LogP contribution in [0.5, 0.6) is 11.5 Å². The third kappa shape index (κ3) is 4.98. The van der Waals surface area contributed by atoms with E-state index < -0.39 is 40.8 Å². The SMILES string of the molecule is CC(C)c1c[nH]c2ccc(Oc3c(C(F)(F)F)cc(NC(=O)c4ccco4)cc3C(F)(F)F)cc12. The number of ether oxygens (including phenoxy) is 1. The predicted octanol–water partition coefficient (Wildman–Crippen LogP) is 7.97. The molecule has 0 unspecified atom stereocenters. The molecule has 0 saturated heterocycles. The number of carbonyl (C=O) groups excluding carboxylic acids is 1. The van der Waals surface area contributed by atoms with Crippen LogP contribution in [0.2, 0.25) is 0 Å². The third-order valence-corrected chi connectivity index (χ3v) is 5.23. The summed E-state index contributed by atoms with van der Waals surface area (Å²) in [6, 6.07) is 7.50. The monoisotopic (exact) mass is 496 g/mol. The molecule has 2 heterocycles. The van der Waals surface area contributed by atoms with Crippen LogP contribution in [0.1, 0.15) is 47.0 Å². The summed E-state index contributed by atoms with van der Waals surface area (Å²) in [6.45, 7) is 3.80. The average Bonchev–Trinajstić information content (AvgIpc) is 3.43. The largest absolute Gasteiger partial charge is 0.459 e. The molecule has 4 rings (SSSR count). The van der Waals surface area contributed by atoms with Crippen LogP contribution in [0.15, 0.2) is 59.3 Å². The number of aromatic amines is 1. The Balaban J connectivity index is 1.83. The minimum Gasteiger partial charge on any atom is -0.459 e. The zero-order chi connectivity index (χ0) is 25.5. The molecular formula is C24H18F6N2O3. The molecule has 4 aromatic rings. The quantitative estimate of drug-likeness (QED) is 0.276.